The molecule has 1 nitrogen and oxygen atoms in total. The molecule has 53 valence electrons. The van der Waals surface area contributed by atoms with Crippen LogP contribution in [-0.4, -0.2) is 5.11 Å². The molecule has 0 aliphatic rings. The van der Waals surface area contributed by atoms with Gasteiger partial charge in [0, 0.05) is 5.56 Å². The second-order valence-corrected chi connectivity index (χ2v) is 2.04. The molecule has 0 saturated heterocycles. The number of hydrogen-bond acceptors (Lipinski definition) is 1. The van der Waals surface area contributed by atoms with Gasteiger partial charge in [0.05, 0.1) is 6.10 Å². The molecular formula is C8H8FO. The topological polar surface area (TPSA) is 20.2 Å². The van der Waals surface area contributed by atoms with Crippen molar-refractivity contribution in [3.63, 3.8) is 0 Å². The summed E-state index contributed by atoms with van der Waals surface area (Å²) in [6, 6.07) is 6.03. The standard InChI is InChI=1S/C8H8FO/c1-6(10)7-4-2-3-5-8(7)9/h2-6,10H,1H2. The first-order chi connectivity index (χ1) is 4.72. The summed E-state index contributed by atoms with van der Waals surface area (Å²) < 4.78 is 12.6. The van der Waals surface area contributed by atoms with Gasteiger partial charge in [0.1, 0.15) is 5.82 Å². The van der Waals surface area contributed by atoms with Gasteiger partial charge < -0.3 is 5.11 Å². The normalized spacial score (nSPS) is 13.1. The summed E-state index contributed by atoms with van der Waals surface area (Å²) >= 11 is 0. The highest BCUT2D eigenvalue weighted by Gasteiger charge is 2.04. The maximum absolute atomic E-state index is 12.6. The zero-order chi connectivity index (χ0) is 7.56. The van der Waals surface area contributed by atoms with Crippen molar-refractivity contribution in [1.29, 1.82) is 0 Å². The van der Waals surface area contributed by atoms with Crippen molar-refractivity contribution >= 4 is 0 Å². The predicted octanol–water partition coefficient (Wildman–Crippen LogP) is 1.69. The monoisotopic (exact) mass is 139 g/mol. The molecule has 0 spiro atoms. The molecule has 0 fully saturated rings. The highest BCUT2D eigenvalue weighted by Crippen LogP contribution is 2.14. The van der Waals surface area contributed by atoms with E-state index in [9.17, 15) is 4.39 Å². The van der Waals surface area contributed by atoms with Crippen molar-refractivity contribution in [1.82, 2.24) is 0 Å². The summed E-state index contributed by atoms with van der Waals surface area (Å²) in [5, 5.41) is 8.85. The van der Waals surface area contributed by atoms with Crippen LogP contribution in [0.15, 0.2) is 24.3 Å². The molecule has 0 aromatic heterocycles. The SMILES string of the molecule is [CH2]C(O)c1ccccc1F. The molecule has 1 aromatic rings. The van der Waals surface area contributed by atoms with E-state index in [4.69, 9.17) is 5.11 Å². The first-order valence-electron chi connectivity index (χ1n) is 2.97. The third-order valence-corrected chi connectivity index (χ3v) is 1.26. The lowest BCUT2D eigenvalue weighted by Crippen LogP contribution is -1.94. The number of hydrogen-bond donors (Lipinski definition) is 1. The Bertz CT molecular complexity index is 220. The average molecular weight is 139 g/mol. The van der Waals surface area contributed by atoms with Gasteiger partial charge in [-0.15, -0.1) is 0 Å². The molecule has 0 aliphatic heterocycles. The first-order valence-corrected chi connectivity index (χ1v) is 2.97. The Morgan fingerprint density at radius 1 is 1.40 bits per heavy atom. The van der Waals surface area contributed by atoms with Crippen LogP contribution < -0.4 is 0 Å². The van der Waals surface area contributed by atoms with Crippen LogP contribution in [0.25, 0.3) is 0 Å². The Morgan fingerprint density at radius 2 is 2.00 bits per heavy atom. The highest BCUT2D eigenvalue weighted by molar-refractivity contribution is 5.20. The number of aliphatic hydroxyl groups excluding tert-OH is 1. The van der Waals surface area contributed by atoms with E-state index in [2.05, 4.69) is 6.92 Å². The Balaban J connectivity index is 3.03. The molecule has 2 heteroatoms. The van der Waals surface area contributed by atoms with Crippen LogP contribution in [0.5, 0.6) is 0 Å². The van der Waals surface area contributed by atoms with Crippen LogP contribution in [0, 0.1) is 12.7 Å². The molecular weight excluding hydrogens is 131 g/mol. The minimum Gasteiger partial charge on any atom is -0.388 e. The number of halogens is 1. The maximum atomic E-state index is 12.6. The summed E-state index contributed by atoms with van der Waals surface area (Å²) in [6.07, 6.45) is -0.971. The Morgan fingerprint density at radius 3 is 2.40 bits per heavy atom. The smallest absolute Gasteiger partial charge is 0.128 e. The van der Waals surface area contributed by atoms with Crippen molar-refractivity contribution < 1.29 is 9.50 Å². The van der Waals surface area contributed by atoms with Crippen molar-refractivity contribution in [3.05, 3.63) is 42.6 Å². The van der Waals surface area contributed by atoms with E-state index < -0.39 is 11.9 Å². The Kier molecular flexibility index (Phi) is 2.02. The number of rotatable bonds is 1. The van der Waals surface area contributed by atoms with E-state index in [0.717, 1.165) is 0 Å². The van der Waals surface area contributed by atoms with Gasteiger partial charge in [-0.1, -0.05) is 18.2 Å². The van der Waals surface area contributed by atoms with Crippen LogP contribution >= 0.6 is 0 Å². The van der Waals surface area contributed by atoms with Crippen molar-refractivity contribution in [2.75, 3.05) is 0 Å². The molecule has 1 unspecified atom stereocenters. The number of aliphatic hydroxyl groups is 1. The lowest BCUT2D eigenvalue weighted by Gasteiger charge is -2.03. The van der Waals surface area contributed by atoms with E-state index in [0.29, 0.717) is 0 Å². The van der Waals surface area contributed by atoms with Gasteiger partial charge in [-0.2, -0.15) is 0 Å². The molecule has 0 saturated carbocycles. The lowest BCUT2D eigenvalue weighted by molar-refractivity contribution is 0.220. The highest BCUT2D eigenvalue weighted by atomic mass is 19.1. The molecule has 0 heterocycles. The van der Waals surface area contributed by atoms with Gasteiger partial charge in [0.25, 0.3) is 0 Å². The van der Waals surface area contributed by atoms with Gasteiger partial charge in [-0.25, -0.2) is 4.39 Å². The van der Waals surface area contributed by atoms with E-state index in [-0.39, 0.29) is 5.56 Å². The summed E-state index contributed by atoms with van der Waals surface area (Å²) in [4.78, 5) is 0. The largest absolute Gasteiger partial charge is 0.388 e. The van der Waals surface area contributed by atoms with E-state index in [1.54, 1.807) is 12.1 Å². The third kappa shape index (κ3) is 1.33. The Labute approximate surface area is 59.1 Å². The molecule has 1 radical (unpaired) electrons. The molecule has 0 aliphatic carbocycles. The average Bonchev–Trinajstić information content (AvgIpc) is 1.88. The van der Waals surface area contributed by atoms with Gasteiger partial charge in [-0.3, -0.25) is 0 Å². The van der Waals surface area contributed by atoms with Gasteiger partial charge in [0.2, 0.25) is 0 Å². The summed E-state index contributed by atoms with van der Waals surface area (Å²) in [5.74, 6) is -0.412. The van der Waals surface area contributed by atoms with Gasteiger partial charge >= 0.3 is 0 Å². The summed E-state index contributed by atoms with van der Waals surface area (Å²) in [6.45, 7) is 3.29. The van der Waals surface area contributed by atoms with Crippen LogP contribution in [0.1, 0.15) is 11.7 Å². The molecule has 1 atom stereocenters. The Hall–Kier alpha value is -0.890. The lowest BCUT2D eigenvalue weighted by atomic mass is 10.1. The van der Waals surface area contributed by atoms with E-state index in [1.807, 2.05) is 0 Å². The second-order valence-electron chi connectivity index (χ2n) is 2.04. The molecule has 0 bridgehead atoms. The van der Waals surface area contributed by atoms with Crippen molar-refractivity contribution in [3.8, 4) is 0 Å². The fourth-order valence-corrected chi connectivity index (χ4v) is 0.745. The molecule has 1 rings (SSSR count). The van der Waals surface area contributed by atoms with Gasteiger partial charge in [-0.05, 0) is 13.0 Å². The minimum absolute atomic E-state index is 0.238. The quantitative estimate of drug-likeness (QED) is 0.627. The van der Waals surface area contributed by atoms with Crippen molar-refractivity contribution in [2.24, 2.45) is 0 Å². The molecule has 0 amide bonds. The predicted molar refractivity (Wildman–Crippen MR) is 36.7 cm³/mol. The zero-order valence-electron chi connectivity index (χ0n) is 5.42. The summed E-state index contributed by atoms with van der Waals surface area (Å²) in [5.41, 5.74) is 0.238. The minimum atomic E-state index is -0.971. The van der Waals surface area contributed by atoms with Gasteiger partial charge in [0.15, 0.2) is 0 Å². The van der Waals surface area contributed by atoms with E-state index >= 15 is 0 Å². The third-order valence-electron chi connectivity index (χ3n) is 1.26. The van der Waals surface area contributed by atoms with Crippen LogP contribution in [0.4, 0.5) is 4.39 Å². The van der Waals surface area contributed by atoms with Crippen LogP contribution in [-0.2, 0) is 0 Å². The number of benzene rings is 1. The zero-order valence-corrected chi connectivity index (χ0v) is 5.42. The van der Waals surface area contributed by atoms with E-state index in [1.165, 1.54) is 12.1 Å². The van der Waals surface area contributed by atoms with Crippen molar-refractivity contribution in [2.45, 2.75) is 6.10 Å². The fraction of sp³-hybridized carbons (Fsp3) is 0.125. The van der Waals surface area contributed by atoms with Crippen LogP contribution in [0.3, 0.4) is 0 Å². The fourth-order valence-electron chi connectivity index (χ4n) is 0.745. The maximum Gasteiger partial charge on any atom is 0.128 e. The van der Waals surface area contributed by atoms with Crippen LogP contribution in [0.2, 0.25) is 0 Å². The first kappa shape index (κ1) is 7.22. The summed E-state index contributed by atoms with van der Waals surface area (Å²) in [7, 11) is 0. The molecule has 1 aromatic carbocycles. The molecule has 1 N–H and O–H groups in total. The molecule has 10 heavy (non-hydrogen) atoms. The second kappa shape index (κ2) is 2.80.